The van der Waals surface area contributed by atoms with Gasteiger partial charge in [-0.15, -0.1) is 11.3 Å². The molecule has 0 saturated carbocycles. The van der Waals surface area contributed by atoms with E-state index in [4.69, 9.17) is 12.2 Å². The van der Waals surface area contributed by atoms with Gasteiger partial charge in [0.05, 0.1) is 5.39 Å². The van der Waals surface area contributed by atoms with Crippen LogP contribution in [-0.2, 0) is 6.42 Å². The zero-order valence-corrected chi connectivity index (χ0v) is 12.7. The second kappa shape index (κ2) is 5.66. The van der Waals surface area contributed by atoms with Crippen LogP contribution in [0.25, 0.3) is 10.2 Å². The molecular formula is C12H16N4OS2. The smallest absolute Gasteiger partial charge is 0.280 e. The Morgan fingerprint density at radius 3 is 2.95 bits per heavy atom. The molecule has 2 heterocycles. The average molecular weight is 296 g/mol. The second-order valence-electron chi connectivity index (χ2n) is 4.44. The Balaban J connectivity index is 2.32. The summed E-state index contributed by atoms with van der Waals surface area (Å²) in [6.45, 7) is 6.01. The summed E-state index contributed by atoms with van der Waals surface area (Å²) in [5.74, 6) is 0. The molecular weight excluding hydrogens is 280 g/mol. The Morgan fingerprint density at radius 2 is 2.32 bits per heavy atom. The van der Waals surface area contributed by atoms with Crippen molar-refractivity contribution in [3.05, 3.63) is 27.6 Å². The molecule has 0 aliphatic rings. The van der Waals surface area contributed by atoms with Gasteiger partial charge >= 0.3 is 0 Å². The molecule has 0 amide bonds. The topological polar surface area (TPSA) is 59.0 Å². The number of hydrogen-bond donors (Lipinski definition) is 2. The molecule has 0 radical (unpaired) electrons. The number of rotatable bonds is 3. The van der Waals surface area contributed by atoms with E-state index < -0.39 is 0 Å². The molecule has 0 aromatic carbocycles. The number of hydrogen-bond acceptors (Lipinski definition) is 4. The third-order valence-electron chi connectivity index (χ3n) is 2.49. The highest BCUT2D eigenvalue weighted by Gasteiger charge is 2.09. The third kappa shape index (κ3) is 3.10. The summed E-state index contributed by atoms with van der Waals surface area (Å²) in [4.78, 5) is 18.5. The van der Waals surface area contributed by atoms with Crippen molar-refractivity contribution in [2.45, 2.75) is 33.2 Å². The van der Waals surface area contributed by atoms with Crippen molar-refractivity contribution < 1.29 is 0 Å². The number of fused-ring (bicyclic) bond motifs is 1. The fraction of sp³-hybridized carbons (Fsp3) is 0.417. The first-order valence-electron chi connectivity index (χ1n) is 6.09. The minimum atomic E-state index is -0.131. The van der Waals surface area contributed by atoms with Gasteiger partial charge in [0.25, 0.3) is 5.56 Å². The molecule has 19 heavy (non-hydrogen) atoms. The second-order valence-corrected chi connectivity index (χ2v) is 5.97. The van der Waals surface area contributed by atoms with Crippen molar-refractivity contribution in [2.24, 2.45) is 0 Å². The monoisotopic (exact) mass is 296 g/mol. The van der Waals surface area contributed by atoms with E-state index in [1.54, 1.807) is 11.3 Å². The first-order chi connectivity index (χ1) is 9.01. The molecule has 0 saturated heterocycles. The lowest BCUT2D eigenvalue weighted by Crippen LogP contribution is -2.41. The molecule has 0 aliphatic heterocycles. The fourth-order valence-electron chi connectivity index (χ4n) is 1.63. The number of nitrogens with zero attached hydrogens (tertiary/aromatic N) is 2. The van der Waals surface area contributed by atoms with Gasteiger partial charge in [0.2, 0.25) is 0 Å². The fourth-order valence-corrected chi connectivity index (χ4v) is 2.89. The summed E-state index contributed by atoms with van der Waals surface area (Å²) in [5.41, 5.74) is 2.70. The molecule has 2 aromatic rings. The Hall–Kier alpha value is -1.47. The van der Waals surface area contributed by atoms with Crippen LogP contribution < -0.4 is 16.3 Å². The molecule has 0 unspecified atom stereocenters. The van der Waals surface area contributed by atoms with Crippen molar-refractivity contribution in [3.63, 3.8) is 0 Å². The van der Waals surface area contributed by atoms with E-state index in [1.807, 2.05) is 19.9 Å². The Kier molecular flexibility index (Phi) is 4.16. The predicted octanol–water partition coefficient (Wildman–Crippen LogP) is 1.85. The Labute approximate surface area is 120 Å². The molecule has 102 valence electrons. The summed E-state index contributed by atoms with van der Waals surface area (Å²) in [6.07, 6.45) is 2.37. The third-order valence-corrected chi connectivity index (χ3v) is 3.89. The van der Waals surface area contributed by atoms with Gasteiger partial charge in [-0.25, -0.2) is 9.66 Å². The molecule has 0 fully saturated rings. The Bertz CT molecular complexity index is 659. The van der Waals surface area contributed by atoms with Crippen LogP contribution in [0.2, 0.25) is 0 Å². The molecule has 5 nitrogen and oxygen atoms in total. The van der Waals surface area contributed by atoms with Gasteiger partial charge in [-0.3, -0.25) is 10.2 Å². The van der Waals surface area contributed by atoms with Gasteiger partial charge in [0.15, 0.2) is 5.11 Å². The summed E-state index contributed by atoms with van der Waals surface area (Å²) in [6, 6.07) is 2.10. The summed E-state index contributed by atoms with van der Waals surface area (Å²) in [7, 11) is 0. The summed E-state index contributed by atoms with van der Waals surface area (Å²) in [5, 5.41) is 4.05. The SMILES string of the molecule is CCc1cc2c(=O)n(NC(=S)NC(C)C)cnc2s1. The van der Waals surface area contributed by atoms with E-state index in [1.165, 1.54) is 11.0 Å². The van der Waals surface area contributed by atoms with Crippen LogP contribution in [0.1, 0.15) is 25.6 Å². The standard InChI is InChI=1S/C12H16N4OS2/c1-4-8-5-9-10(19-8)13-6-16(11(9)17)15-12(18)14-7(2)3/h5-7H,4H2,1-3H3,(H2,14,15,18). The molecule has 2 aromatic heterocycles. The molecule has 2 rings (SSSR count). The van der Waals surface area contributed by atoms with Crippen LogP contribution >= 0.6 is 23.6 Å². The van der Waals surface area contributed by atoms with Gasteiger partial charge in [-0.1, -0.05) is 6.92 Å². The van der Waals surface area contributed by atoms with Gasteiger partial charge in [-0.05, 0) is 38.6 Å². The zero-order chi connectivity index (χ0) is 14.0. The van der Waals surface area contributed by atoms with Crippen molar-refractivity contribution in [3.8, 4) is 0 Å². The molecule has 0 spiro atoms. The lowest BCUT2D eigenvalue weighted by molar-refractivity contribution is 0.728. The van der Waals surface area contributed by atoms with E-state index >= 15 is 0 Å². The lowest BCUT2D eigenvalue weighted by atomic mass is 10.3. The molecule has 7 heteroatoms. The summed E-state index contributed by atoms with van der Waals surface area (Å²) < 4.78 is 1.31. The van der Waals surface area contributed by atoms with E-state index in [2.05, 4.69) is 22.7 Å². The van der Waals surface area contributed by atoms with E-state index in [9.17, 15) is 4.79 Å². The quantitative estimate of drug-likeness (QED) is 0.847. The average Bonchev–Trinajstić information content (AvgIpc) is 2.76. The number of thiophene rings is 1. The van der Waals surface area contributed by atoms with Crippen LogP contribution in [0.5, 0.6) is 0 Å². The summed E-state index contributed by atoms with van der Waals surface area (Å²) >= 11 is 6.66. The highest BCUT2D eigenvalue weighted by molar-refractivity contribution is 7.80. The normalized spacial score (nSPS) is 10.9. The minimum absolute atomic E-state index is 0.131. The number of aryl methyl sites for hydroxylation is 1. The van der Waals surface area contributed by atoms with Crippen LogP contribution in [0.3, 0.4) is 0 Å². The van der Waals surface area contributed by atoms with Gasteiger partial charge < -0.3 is 5.32 Å². The first kappa shape index (κ1) is 14.0. The van der Waals surface area contributed by atoms with E-state index in [-0.39, 0.29) is 11.6 Å². The van der Waals surface area contributed by atoms with Crippen molar-refractivity contribution in [1.82, 2.24) is 15.0 Å². The van der Waals surface area contributed by atoms with Crippen molar-refractivity contribution >= 4 is 38.9 Å². The van der Waals surface area contributed by atoms with Crippen molar-refractivity contribution in [2.75, 3.05) is 5.43 Å². The lowest BCUT2D eigenvalue weighted by Gasteiger charge is -2.13. The zero-order valence-electron chi connectivity index (χ0n) is 11.1. The predicted molar refractivity (Wildman–Crippen MR) is 83.5 cm³/mol. The molecule has 0 bridgehead atoms. The van der Waals surface area contributed by atoms with Crippen LogP contribution in [0, 0.1) is 0 Å². The van der Waals surface area contributed by atoms with Gasteiger partial charge in [0.1, 0.15) is 11.2 Å². The maximum atomic E-state index is 12.3. The van der Waals surface area contributed by atoms with E-state index in [0.717, 1.165) is 16.1 Å². The molecule has 0 aliphatic carbocycles. The first-order valence-corrected chi connectivity index (χ1v) is 7.31. The molecule has 2 N–H and O–H groups in total. The largest absolute Gasteiger partial charge is 0.359 e. The molecule has 0 atom stereocenters. The van der Waals surface area contributed by atoms with Crippen molar-refractivity contribution in [1.29, 1.82) is 0 Å². The highest BCUT2D eigenvalue weighted by Crippen LogP contribution is 2.20. The van der Waals surface area contributed by atoms with E-state index in [0.29, 0.717) is 10.5 Å². The number of aromatic nitrogens is 2. The maximum absolute atomic E-state index is 12.3. The maximum Gasteiger partial charge on any atom is 0.280 e. The van der Waals surface area contributed by atoms with Crippen LogP contribution in [0.4, 0.5) is 0 Å². The highest BCUT2D eigenvalue weighted by atomic mass is 32.1. The van der Waals surface area contributed by atoms with Gasteiger partial charge in [0, 0.05) is 10.9 Å². The number of thiocarbonyl (C=S) groups is 1. The van der Waals surface area contributed by atoms with Gasteiger partial charge in [-0.2, -0.15) is 0 Å². The Morgan fingerprint density at radius 1 is 1.58 bits per heavy atom. The minimum Gasteiger partial charge on any atom is -0.359 e. The number of nitrogens with one attached hydrogen (secondary N) is 2. The van der Waals surface area contributed by atoms with Crippen LogP contribution in [0.15, 0.2) is 17.2 Å². The van der Waals surface area contributed by atoms with Crippen LogP contribution in [-0.4, -0.2) is 20.8 Å².